The van der Waals surface area contributed by atoms with Crippen molar-refractivity contribution in [2.75, 3.05) is 23.2 Å². The van der Waals surface area contributed by atoms with E-state index in [9.17, 15) is 22.9 Å². The lowest BCUT2D eigenvalue weighted by Gasteiger charge is -2.20. The van der Waals surface area contributed by atoms with Gasteiger partial charge in [0.15, 0.2) is 0 Å². The van der Waals surface area contributed by atoms with Crippen LogP contribution in [0.1, 0.15) is 20.8 Å². The van der Waals surface area contributed by atoms with Crippen molar-refractivity contribution in [2.45, 2.75) is 13.8 Å². The fraction of sp³-hybridized carbons (Fsp3) is 0.190. The molecule has 3 N–H and O–H groups in total. The summed E-state index contributed by atoms with van der Waals surface area (Å²) in [5.41, 5.74) is 3.03. The average molecular weight is 495 g/mol. The summed E-state index contributed by atoms with van der Waals surface area (Å²) in [6.07, 6.45) is 1.06. The smallest absolute Gasteiger partial charge is 0.348 e. The van der Waals surface area contributed by atoms with E-state index in [-0.39, 0.29) is 10.6 Å². The fourth-order valence-electron chi connectivity index (χ4n) is 3.19. The second-order valence-corrected chi connectivity index (χ2v) is 12.2. The molecule has 0 amide bonds. The zero-order valence-electron chi connectivity index (χ0n) is 17.9. The lowest BCUT2D eigenvalue weighted by molar-refractivity contribution is 0.0703. The molecular weight excluding hydrogens is 471 g/mol. The maximum absolute atomic E-state index is 13.6. The molecule has 170 valence electrons. The Morgan fingerprint density at radius 1 is 1.09 bits per heavy atom. The first-order chi connectivity index (χ1) is 14.9. The van der Waals surface area contributed by atoms with E-state index < -0.39 is 23.5 Å². The van der Waals surface area contributed by atoms with Crippen LogP contribution in [0.15, 0.2) is 48.5 Å². The topological polar surface area (TPSA) is 122 Å². The van der Waals surface area contributed by atoms with Crippen molar-refractivity contribution in [1.82, 2.24) is 0 Å². The van der Waals surface area contributed by atoms with Gasteiger partial charge in [-0.3, -0.25) is 9.29 Å². The first kappa shape index (κ1) is 24.0. The number of aromatic carboxylic acids is 1. The van der Waals surface area contributed by atoms with Crippen LogP contribution in [0.25, 0.3) is 10.4 Å². The summed E-state index contributed by atoms with van der Waals surface area (Å²) in [4.78, 5) is 12.5. The van der Waals surface area contributed by atoms with Crippen molar-refractivity contribution in [1.29, 1.82) is 0 Å². The molecule has 8 nitrogen and oxygen atoms in total. The highest BCUT2D eigenvalue weighted by atomic mass is 32.2. The molecule has 0 bridgehead atoms. The van der Waals surface area contributed by atoms with Crippen LogP contribution in [0.5, 0.6) is 0 Å². The van der Waals surface area contributed by atoms with Crippen LogP contribution in [0.2, 0.25) is 0 Å². The number of hydrogen-bond donors (Lipinski definition) is 3. The van der Waals surface area contributed by atoms with Crippen molar-refractivity contribution in [3.05, 3.63) is 64.5 Å². The summed E-state index contributed by atoms with van der Waals surface area (Å²) < 4.78 is 44.1. The number of rotatable bonds is 8. The Balaban J connectivity index is 1.99. The van der Waals surface area contributed by atoms with Crippen molar-refractivity contribution in [3.63, 3.8) is 0 Å². The third kappa shape index (κ3) is 5.39. The summed E-state index contributed by atoms with van der Waals surface area (Å²) in [6, 6.07) is 13.5. The van der Waals surface area contributed by atoms with E-state index in [4.69, 9.17) is 4.52 Å². The molecule has 0 spiro atoms. The molecule has 0 saturated carbocycles. The van der Waals surface area contributed by atoms with Crippen molar-refractivity contribution < 1.29 is 27.4 Å². The molecule has 2 aromatic carbocycles. The summed E-state index contributed by atoms with van der Waals surface area (Å²) in [5, 5.41) is 13.0. The largest absolute Gasteiger partial charge is 0.477 e. The standard InChI is InChI=1S/C21H23N2O6PS2/c1-13-5-10-18(14(2)11-13)30(26,29-3)22-17-12-19(31-20(17)21(24)25)15-6-8-16(9-7-15)23-32(4,27)28/h5-12,23H,1-4H3,(H,22,26)(H,24,25). The second kappa shape index (κ2) is 9.07. The summed E-state index contributed by atoms with van der Waals surface area (Å²) in [7, 11) is -5.68. The number of hydrogen-bond acceptors (Lipinski definition) is 6. The normalized spacial score (nSPS) is 13.4. The van der Waals surface area contributed by atoms with Crippen LogP contribution in [-0.4, -0.2) is 32.9 Å². The Kier molecular flexibility index (Phi) is 6.80. The van der Waals surface area contributed by atoms with Gasteiger partial charge in [0, 0.05) is 17.7 Å². The first-order valence-corrected chi connectivity index (χ1v) is 13.7. The minimum atomic E-state index is -3.59. The fourth-order valence-corrected chi connectivity index (χ4v) is 6.49. The molecule has 0 aliphatic heterocycles. The number of carboxylic acids is 1. The maximum atomic E-state index is 13.6. The second-order valence-electron chi connectivity index (χ2n) is 7.25. The molecule has 3 aromatic rings. The van der Waals surface area contributed by atoms with E-state index >= 15 is 0 Å². The Labute approximate surface area is 190 Å². The molecule has 0 fully saturated rings. The molecular formula is C21H23N2O6PS2. The summed E-state index contributed by atoms with van der Waals surface area (Å²) in [5.74, 6) is -1.16. The third-order valence-corrected chi connectivity index (χ3v) is 8.56. The zero-order chi connectivity index (χ0) is 23.7. The Bertz CT molecular complexity index is 1320. The lowest BCUT2D eigenvalue weighted by atomic mass is 10.1. The zero-order valence-corrected chi connectivity index (χ0v) is 20.4. The Hall–Kier alpha value is -2.65. The van der Waals surface area contributed by atoms with E-state index in [1.807, 2.05) is 26.0 Å². The molecule has 1 aromatic heterocycles. The quantitative estimate of drug-likeness (QED) is 0.389. The number of sulfonamides is 1. The van der Waals surface area contributed by atoms with Gasteiger partial charge in [0.1, 0.15) is 4.88 Å². The predicted octanol–water partition coefficient (Wildman–Crippen LogP) is 4.68. The number of carboxylic acid groups (broad SMARTS) is 1. The molecule has 1 heterocycles. The number of benzene rings is 2. The van der Waals surface area contributed by atoms with Gasteiger partial charge in [0.25, 0.3) is 0 Å². The molecule has 0 aliphatic carbocycles. The van der Waals surface area contributed by atoms with Crippen LogP contribution < -0.4 is 15.1 Å². The van der Waals surface area contributed by atoms with Gasteiger partial charge in [-0.05, 0) is 49.2 Å². The van der Waals surface area contributed by atoms with Gasteiger partial charge in [0.2, 0.25) is 10.0 Å². The van der Waals surface area contributed by atoms with Crippen LogP contribution in [0, 0.1) is 13.8 Å². The monoisotopic (exact) mass is 494 g/mol. The van der Waals surface area contributed by atoms with Crippen LogP contribution in [0.3, 0.4) is 0 Å². The lowest BCUT2D eigenvalue weighted by Crippen LogP contribution is -2.17. The van der Waals surface area contributed by atoms with Gasteiger partial charge in [-0.25, -0.2) is 13.2 Å². The van der Waals surface area contributed by atoms with Gasteiger partial charge >= 0.3 is 13.5 Å². The number of anilines is 2. The van der Waals surface area contributed by atoms with Gasteiger partial charge in [-0.15, -0.1) is 11.3 Å². The first-order valence-electron chi connectivity index (χ1n) is 9.39. The van der Waals surface area contributed by atoms with Gasteiger partial charge in [-0.1, -0.05) is 29.8 Å². The number of aryl methyl sites for hydroxylation is 2. The van der Waals surface area contributed by atoms with E-state index in [0.29, 0.717) is 21.4 Å². The molecule has 0 radical (unpaired) electrons. The minimum Gasteiger partial charge on any atom is -0.477 e. The molecule has 1 atom stereocenters. The predicted molar refractivity (Wildman–Crippen MR) is 129 cm³/mol. The molecule has 0 aliphatic rings. The summed E-state index contributed by atoms with van der Waals surface area (Å²) in [6.45, 7) is 3.74. The minimum absolute atomic E-state index is 0.0135. The van der Waals surface area contributed by atoms with Gasteiger partial charge < -0.3 is 14.7 Å². The molecule has 32 heavy (non-hydrogen) atoms. The molecule has 3 rings (SSSR count). The third-order valence-electron chi connectivity index (χ3n) is 4.59. The van der Waals surface area contributed by atoms with E-state index in [1.165, 1.54) is 7.11 Å². The molecule has 0 saturated heterocycles. The number of nitrogens with one attached hydrogen (secondary N) is 2. The highest BCUT2D eigenvalue weighted by Crippen LogP contribution is 2.48. The van der Waals surface area contributed by atoms with Crippen LogP contribution >= 0.6 is 18.9 Å². The van der Waals surface area contributed by atoms with Crippen LogP contribution in [-0.2, 0) is 19.1 Å². The number of thiophene rings is 1. The van der Waals surface area contributed by atoms with E-state index in [1.54, 1.807) is 36.4 Å². The highest BCUT2D eigenvalue weighted by molar-refractivity contribution is 7.92. The van der Waals surface area contributed by atoms with Crippen molar-refractivity contribution in [2.24, 2.45) is 0 Å². The van der Waals surface area contributed by atoms with Crippen molar-refractivity contribution >= 4 is 51.5 Å². The SMILES string of the molecule is COP(=O)(Nc1cc(-c2ccc(NS(C)(=O)=O)cc2)sc1C(=O)O)c1ccc(C)cc1C. The van der Waals surface area contributed by atoms with E-state index in [0.717, 1.165) is 28.7 Å². The molecule has 1 unspecified atom stereocenters. The highest BCUT2D eigenvalue weighted by Gasteiger charge is 2.30. The Morgan fingerprint density at radius 2 is 1.75 bits per heavy atom. The maximum Gasteiger partial charge on any atom is 0.348 e. The average Bonchev–Trinajstić information content (AvgIpc) is 3.11. The van der Waals surface area contributed by atoms with Crippen molar-refractivity contribution in [3.8, 4) is 10.4 Å². The van der Waals surface area contributed by atoms with Gasteiger partial charge in [-0.2, -0.15) is 0 Å². The number of carbonyl (C=O) groups is 1. The van der Waals surface area contributed by atoms with E-state index in [2.05, 4.69) is 9.81 Å². The van der Waals surface area contributed by atoms with Gasteiger partial charge in [0.05, 0.1) is 17.2 Å². The summed E-state index contributed by atoms with van der Waals surface area (Å²) >= 11 is 1.02. The Morgan fingerprint density at radius 3 is 2.28 bits per heavy atom. The van der Waals surface area contributed by atoms with Crippen LogP contribution in [0.4, 0.5) is 11.4 Å². The molecule has 11 heteroatoms.